The third kappa shape index (κ3) is 4.63. The van der Waals surface area contributed by atoms with Gasteiger partial charge in [-0.15, -0.1) is 16.4 Å². The van der Waals surface area contributed by atoms with Crippen molar-refractivity contribution in [3.63, 3.8) is 0 Å². The van der Waals surface area contributed by atoms with Crippen LogP contribution in [0.2, 0.25) is 0 Å². The molecule has 2 aromatic carbocycles. The SMILES string of the molecule is O=C(CSc1n[nH]c(-c2ccccc2)n1)N(Cc1cccs1)c1ccc2c(c1)OCCO2. The van der Waals surface area contributed by atoms with E-state index in [0.29, 0.717) is 42.2 Å². The molecule has 1 aliphatic heterocycles. The Hall–Kier alpha value is -3.30. The topological polar surface area (TPSA) is 80.3 Å². The number of aromatic amines is 1. The second kappa shape index (κ2) is 9.46. The molecule has 1 amide bonds. The number of fused-ring (bicyclic) bond motifs is 1. The van der Waals surface area contributed by atoms with Gasteiger partial charge in [0.1, 0.15) is 13.2 Å². The summed E-state index contributed by atoms with van der Waals surface area (Å²) in [5.41, 5.74) is 1.72. The fourth-order valence-corrected chi connectivity index (χ4v) is 4.69. The molecule has 0 saturated heterocycles. The molecule has 5 rings (SSSR count). The normalized spacial score (nSPS) is 12.5. The van der Waals surface area contributed by atoms with E-state index in [0.717, 1.165) is 16.1 Å². The van der Waals surface area contributed by atoms with Crippen LogP contribution in [0.3, 0.4) is 0 Å². The van der Waals surface area contributed by atoms with Gasteiger partial charge in [-0.05, 0) is 23.6 Å². The van der Waals surface area contributed by atoms with Gasteiger partial charge in [-0.3, -0.25) is 9.89 Å². The van der Waals surface area contributed by atoms with E-state index < -0.39 is 0 Å². The summed E-state index contributed by atoms with van der Waals surface area (Å²) in [6.45, 7) is 1.52. The summed E-state index contributed by atoms with van der Waals surface area (Å²) in [7, 11) is 0. The summed E-state index contributed by atoms with van der Waals surface area (Å²) in [6.07, 6.45) is 0. The second-order valence-electron chi connectivity index (χ2n) is 7.01. The lowest BCUT2D eigenvalue weighted by Gasteiger charge is -2.25. The Bertz CT molecular complexity index is 1200. The van der Waals surface area contributed by atoms with Crippen LogP contribution in [-0.2, 0) is 11.3 Å². The maximum atomic E-state index is 13.3. The molecule has 0 spiro atoms. The molecule has 9 heteroatoms. The number of carbonyl (C=O) groups excluding carboxylic acids is 1. The predicted molar refractivity (Wildman–Crippen MR) is 125 cm³/mol. The Morgan fingerprint density at radius 3 is 2.72 bits per heavy atom. The van der Waals surface area contributed by atoms with Crippen molar-refractivity contribution < 1.29 is 14.3 Å². The largest absolute Gasteiger partial charge is 0.486 e. The van der Waals surface area contributed by atoms with Crippen molar-refractivity contribution in [3.05, 3.63) is 70.9 Å². The smallest absolute Gasteiger partial charge is 0.237 e. The summed E-state index contributed by atoms with van der Waals surface area (Å²) in [5, 5.41) is 9.74. The van der Waals surface area contributed by atoms with Crippen molar-refractivity contribution in [2.24, 2.45) is 0 Å². The fourth-order valence-electron chi connectivity index (χ4n) is 3.32. The molecule has 7 nitrogen and oxygen atoms in total. The van der Waals surface area contributed by atoms with Crippen molar-refractivity contribution in [1.29, 1.82) is 0 Å². The molecular weight excluding hydrogens is 444 g/mol. The second-order valence-corrected chi connectivity index (χ2v) is 8.98. The first kappa shape index (κ1) is 20.6. The van der Waals surface area contributed by atoms with Crippen LogP contribution in [0.15, 0.2) is 71.2 Å². The number of anilines is 1. The number of H-pyrrole nitrogens is 1. The minimum absolute atomic E-state index is 0.0360. The highest BCUT2D eigenvalue weighted by Gasteiger charge is 2.21. The van der Waals surface area contributed by atoms with Crippen LogP contribution in [0, 0.1) is 0 Å². The number of rotatable bonds is 7. The maximum absolute atomic E-state index is 13.3. The lowest BCUT2D eigenvalue weighted by Crippen LogP contribution is -2.31. The summed E-state index contributed by atoms with van der Waals surface area (Å²) in [4.78, 5) is 20.6. The Balaban J connectivity index is 1.32. The first-order chi connectivity index (χ1) is 15.8. The standard InChI is InChI=1S/C23H20N4O3S2/c28-21(15-32-23-24-22(25-26-23)16-5-2-1-3-6-16)27(14-18-7-4-12-31-18)17-8-9-19-20(13-17)30-11-10-29-19/h1-9,12-13H,10-11,14-15H2,(H,24,25,26). The van der Waals surface area contributed by atoms with Gasteiger partial charge < -0.3 is 14.4 Å². The maximum Gasteiger partial charge on any atom is 0.237 e. The molecule has 32 heavy (non-hydrogen) atoms. The molecule has 3 heterocycles. The van der Waals surface area contributed by atoms with E-state index in [9.17, 15) is 4.79 Å². The zero-order chi connectivity index (χ0) is 21.8. The zero-order valence-electron chi connectivity index (χ0n) is 17.1. The van der Waals surface area contributed by atoms with Gasteiger partial charge in [0.15, 0.2) is 17.3 Å². The highest BCUT2D eigenvalue weighted by Crippen LogP contribution is 2.35. The molecule has 162 valence electrons. The van der Waals surface area contributed by atoms with Crippen LogP contribution in [0.25, 0.3) is 11.4 Å². The number of hydrogen-bond donors (Lipinski definition) is 1. The molecule has 0 atom stereocenters. The van der Waals surface area contributed by atoms with Crippen molar-refractivity contribution >= 4 is 34.7 Å². The van der Waals surface area contributed by atoms with E-state index in [-0.39, 0.29) is 11.7 Å². The van der Waals surface area contributed by atoms with E-state index in [1.807, 2.05) is 66.0 Å². The van der Waals surface area contributed by atoms with E-state index in [4.69, 9.17) is 9.47 Å². The molecule has 1 aliphatic rings. The Morgan fingerprint density at radius 2 is 1.91 bits per heavy atom. The van der Waals surface area contributed by atoms with E-state index in [1.54, 1.807) is 16.2 Å². The number of thioether (sulfide) groups is 1. The number of thiophene rings is 1. The molecule has 0 unspecified atom stereocenters. The highest BCUT2D eigenvalue weighted by molar-refractivity contribution is 7.99. The molecule has 0 fully saturated rings. The number of ether oxygens (including phenoxy) is 2. The lowest BCUT2D eigenvalue weighted by molar-refractivity contribution is -0.116. The lowest BCUT2D eigenvalue weighted by atomic mass is 10.2. The van der Waals surface area contributed by atoms with Crippen LogP contribution in [-0.4, -0.2) is 40.1 Å². The quantitative estimate of drug-likeness (QED) is 0.402. The number of nitrogens with zero attached hydrogens (tertiary/aromatic N) is 3. The number of nitrogens with one attached hydrogen (secondary N) is 1. The van der Waals surface area contributed by atoms with Crippen LogP contribution >= 0.6 is 23.1 Å². The Kier molecular flexibility index (Phi) is 6.09. The number of carbonyl (C=O) groups is 1. The van der Waals surface area contributed by atoms with Crippen LogP contribution in [0.4, 0.5) is 5.69 Å². The minimum atomic E-state index is -0.0360. The first-order valence-corrected chi connectivity index (χ1v) is 12.0. The van der Waals surface area contributed by atoms with Gasteiger partial charge in [0, 0.05) is 22.2 Å². The van der Waals surface area contributed by atoms with Gasteiger partial charge in [0.05, 0.1) is 12.3 Å². The number of amides is 1. The molecule has 0 saturated carbocycles. The van der Waals surface area contributed by atoms with Crippen molar-refractivity contribution in [2.45, 2.75) is 11.7 Å². The van der Waals surface area contributed by atoms with Crippen LogP contribution in [0.5, 0.6) is 11.5 Å². The third-order valence-electron chi connectivity index (χ3n) is 4.87. The number of hydrogen-bond acceptors (Lipinski definition) is 7. The average Bonchev–Trinajstić information content (AvgIpc) is 3.54. The van der Waals surface area contributed by atoms with Crippen molar-refractivity contribution in [1.82, 2.24) is 15.2 Å². The minimum Gasteiger partial charge on any atom is -0.486 e. The van der Waals surface area contributed by atoms with Gasteiger partial charge >= 0.3 is 0 Å². The third-order valence-corrected chi connectivity index (χ3v) is 6.56. The monoisotopic (exact) mass is 464 g/mol. The zero-order valence-corrected chi connectivity index (χ0v) is 18.7. The summed E-state index contributed by atoms with van der Waals surface area (Å²) in [5.74, 6) is 2.22. The van der Waals surface area contributed by atoms with Crippen LogP contribution < -0.4 is 14.4 Å². The molecule has 2 aromatic heterocycles. The Labute approximate surface area is 193 Å². The van der Waals surface area contributed by atoms with Crippen molar-refractivity contribution in [2.75, 3.05) is 23.9 Å². The van der Waals surface area contributed by atoms with Gasteiger partial charge in [0.2, 0.25) is 11.1 Å². The first-order valence-electron chi connectivity index (χ1n) is 10.1. The summed E-state index contributed by atoms with van der Waals surface area (Å²) in [6, 6.07) is 19.4. The predicted octanol–water partition coefficient (Wildman–Crippen LogP) is 4.63. The molecule has 1 N–H and O–H groups in total. The van der Waals surface area contributed by atoms with Crippen molar-refractivity contribution in [3.8, 4) is 22.9 Å². The molecule has 4 aromatic rings. The summed E-state index contributed by atoms with van der Waals surface area (Å²) >= 11 is 2.93. The van der Waals surface area contributed by atoms with Gasteiger partial charge in [-0.1, -0.05) is 48.2 Å². The highest BCUT2D eigenvalue weighted by atomic mass is 32.2. The molecule has 0 radical (unpaired) electrons. The van der Waals surface area contributed by atoms with Gasteiger partial charge in [-0.2, -0.15) is 0 Å². The van der Waals surface area contributed by atoms with Crippen LogP contribution in [0.1, 0.15) is 4.88 Å². The molecule has 0 bridgehead atoms. The van der Waals surface area contributed by atoms with Gasteiger partial charge in [-0.25, -0.2) is 4.98 Å². The Morgan fingerprint density at radius 1 is 1.06 bits per heavy atom. The molecule has 0 aliphatic carbocycles. The van der Waals surface area contributed by atoms with E-state index >= 15 is 0 Å². The number of benzene rings is 2. The average molecular weight is 465 g/mol. The van der Waals surface area contributed by atoms with E-state index in [1.165, 1.54) is 11.8 Å². The van der Waals surface area contributed by atoms with E-state index in [2.05, 4.69) is 15.2 Å². The molecular formula is C23H20N4O3S2. The van der Waals surface area contributed by atoms with Gasteiger partial charge in [0.25, 0.3) is 0 Å². The number of aromatic nitrogens is 3. The summed E-state index contributed by atoms with van der Waals surface area (Å²) < 4.78 is 11.3. The fraction of sp³-hybridized carbons (Fsp3) is 0.174.